The van der Waals surface area contributed by atoms with Crippen LogP contribution in [0.1, 0.15) is 26.7 Å². The Kier molecular flexibility index (Phi) is 5.33. The first kappa shape index (κ1) is 13.9. The first-order valence-corrected chi connectivity index (χ1v) is 4.59. The summed E-state index contributed by atoms with van der Waals surface area (Å²) in [7, 11) is 0. The van der Waals surface area contributed by atoms with Crippen LogP contribution in [0.4, 0.5) is 17.6 Å². The minimum Gasteiger partial charge on any atom is -0.211 e. The fourth-order valence-electron chi connectivity index (χ4n) is 1.08. The molecule has 0 aliphatic carbocycles. The van der Waals surface area contributed by atoms with Gasteiger partial charge < -0.3 is 0 Å². The Morgan fingerprint density at radius 1 is 1.33 bits per heavy atom. The lowest BCUT2D eigenvalue weighted by Gasteiger charge is -2.09. The van der Waals surface area contributed by atoms with Crippen LogP contribution in [0.15, 0.2) is 35.7 Å². The molecule has 0 amide bonds. The maximum atomic E-state index is 12.7. The molecule has 86 valence electrons. The zero-order chi connectivity index (χ0) is 12.1. The summed E-state index contributed by atoms with van der Waals surface area (Å²) in [5.41, 5.74) is -0.840. The van der Waals surface area contributed by atoms with Crippen molar-refractivity contribution in [2.75, 3.05) is 0 Å². The summed E-state index contributed by atoms with van der Waals surface area (Å²) in [6, 6.07) is 0. The van der Waals surface area contributed by atoms with Crippen LogP contribution in [0, 0.1) is 0 Å². The second-order valence-electron chi connectivity index (χ2n) is 3.12. The van der Waals surface area contributed by atoms with E-state index in [9.17, 15) is 17.6 Å². The van der Waals surface area contributed by atoms with E-state index >= 15 is 0 Å². The fourth-order valence-corrected chi connectivity index (χ4v) is 1.08. The maximum Gasteiger partial charge on any atom is 0.418 e. The van der Waals surface area contributed by atoms with Crippen molar-refractivity contribution in [2.24, 2.45) is 0 Å². The van der Waals surface area contributed by atoms with Gasteiger partial charge in [-0.3, -0.25) is 0 Å². The van der Waals surface area contributed by atoms with Gasteiger partial charge in [0.15, 0.2) is 0 Å². The first-order chi connectivity index (χ1) is 6.82. The smallest absolute Gasteiger partial charge is 0.211 e. The van der Waals surface area contributed by atoms with Crippen molar-refractivity contribution < 1.29 is 17.6 Å². The second-order valence-corrected chi connectivity index (χ2v) is 3.12. The first-order valence-electron chi connectivity index (χ1n) is 4.59. The highest BCUT2D eigenvalue weighted by Gasteiger charge is 2.34. The Morgan fingerprint density at radius 2 is 1.87 bits per heavy atom. The second kappa shape index (κ2) is 5.73. The van der Waals surface area contributed by atoms with E-state index in [1.165, 1.54) is 6.08 Å². The molecule has 0 aliphatic rings. The summed E-state index contributed by atoms with van der Waals surface area (Å²) in [5, 5.41) is 0. The molecule has 0 aromatic heterocycles. The Hall–Kier alpha value is -1.06. The van der Waals surface area contributed by atoms with E-state index in [1.807, 2.05) is 6.92 Å². The van der Waals surface area contributed by atoms with Gasteiger partial charge in [0.05, 0.1) is 5.57 Å². The van der Waals surface area contributed by atoms with Crippen LogP contribution in [0.25, 0.3) is 0 Å². The lowest BCUT2D eigenvalue weighted by Crippen LogP contribution is -2.11. The summed E-state index contributed by atoms with van der Waals surface area (Å²) < 4.78 is 49.7. The van der Waals surface area contributed by atoms with Crippen molar-refractivity contribution in [3.8, 4) is 0 Å². The van der Waals surface area contributed by atoms with E-state index in [0.717, 1.165) is 13.0 Å². The van der Waals surface area contributed by atoms with Crippen LogP contribution >= 0.6 is 0 Å². The third kappa shape index (κ3) is 4.81. The molecule has 15 heavy (non-hydrogen) atoms. The Labute approximate surface area is 87.0 Å². The maximum absolute atomic E-state index is 12.7. The number of alkyl halides is 3. The van der Waals surface area contributed by atoms with E-state index in [2.05, 4.69) is 6.58 Å². The largest absolute Gasteiger partial charge is 0.418 e. The summed E-state index contributed by atoms with van der Waals surface area (Å²) >= 11 is 0. The molecule has 4 heteroatoms. The summed E-state index contributed by atoms with van der Waals surface area (Å²) in [6.45, 7) is 6.02. The van der Waals surface area contributed by atoms with Gasteiger partial charge in [0.25, 0.3) is 0 Å². The van der Waals surface area contributed by atoms with Crippen molar-refractivity contribution in [3.05, 3.63) is 35.7 Å². The topological polar surface area (TPSA) is 0 Å². The zero-order valence-corrected chi connectivity index (χ0v) is 8.79. The van der Waals surface area contributed by atoms with Gasteiger partial charge in [-0.25, -0.2) is 4.39 Å². The molecular weight excluding hydrogens is 208 g/mol. The molecule has 0 N–H and O–H groups in total. The SMILES string of the molecule is C=C/C(=C\C(=C(/C)F)C(F)(F)F)CCC. The van der Waals surface area contributed by atoms with Gasteiger partial charge in [-0.05, 0) is 25.0 Å². The van der Waals surface area contributed by atoms with E-state index in [0.29, 0.717) is 18.4 Å². The van der Waals surface area contributed by atoms with E-state index in [-0.39, 0.29) is 0 Å². The summed E-state index contributed by atoms with van der Waals surface area (Å²) in [6.07, 6.45) is -1.38. The molecule has 0 unspecified atom stereocenters. The molecule has 0 aromatic carbocycles. The third-order valence-electron chi connectivity index (χ3n) is 1.81. The molecule has 0 aromatic rings. The predicted octanol–water partition coefficient (Wildman–Crippen LogP) is 4.70. The highest BCUT2D eigenvalue weighted by molar-refractivity contribution is 5.33. The van der Waals surface area contributed by atoms with Gasteiger partial charge in [0, 0.05) is 0 Å². The third-order valence-corrected chi connectivity index (χ3v) is 1.81. The van der Waals surface area contributed by atoms with E-state index in [1.54, 1.807) is 0 Å². The minimum absolute atomic E-state index is 0.391. The predicted molar refractivity (Wildman–Crippen MR) is 53.1 cm³/mol. The van der Waals surface area contributed by atoms with Crippen molar-refractivity contribution in [2.45, 2.75) is 32.9 Å². The molecule has 0 aliphatic heterocycles. The van der Waals surface area contributed by atoms with Crippen molar-refractivity contribution >= 4 is 0 Å². The Bertz CT molecular complexity index is 277. The molecule has 0 spiro atoms. The van der Waals surface area contributed by atoms with E-state index < -0.39 is 17.6 Å². The Balaban J connectivity index is 5.15. The number of hydrogen-bond donors (Lipinski definition) is 0. The fraction of sp³-hybridized carbons (Fsp3) is 0.455. The molecule has 0 bridgehead atoms. The highest BCUT2D eigenvalue weighted by Crippen LogP contribution is 2.31. The van der Waals surface area contributed by atoms with Gasteiger partial charge in [-0.15, -0.1) is 0 Å². The average molecular weight is 222 g/mol. The number of halogens is 4. The molecule has 0 saturated heterocycles. The van der Waals surface area contributed by atoms with Crippen LogP contribution in [0.2, 0.25) is 0 Å². The molecule has 0 fully saturated rings. The Morgan fingerprint density at radius 3 is 2.13 bits per heavy atom. The molecule has 0 radical (unpaired) electrons. The van der Waals surface area contributed by atoms with Gasteiger partial charge in [0.2, 0.25) is 0 Å². The van der Waals surface area contributed by atoms with Crippen LogP contribution in [0.3, 0.4) is 0 Å². The minimum atomic E-state index is -4.65. The summed E-state index contributed by atoms with van der Waals surface area (Å²) in [5.74, 6) is -1.22. The van der Waals surface area contributed by atoms with Gasteiger partial charge >= 0.3 is 6.18 Å². The molecule has 0 rings (SSSR count). The number of allylic oxidation sites excluding steroid dienone is 5. The highest BCUT2D eigenvalue weighted by atomic mass is 19.4. The molecule has 0 heterocycles. The molecule has 0 atom stereocenters. The lowest BCUT2D eigenvalue weighted by atomic mass is 10.1. The normalized spacial score (nSPS) is 14.9. The standard InChI is InChI=1S/C11H14F4/c1-4-6-9(5-2)7-10(8(3)12)11(13,14)15/h5,7H,2,4,6H2,1,3H3/b9-7+,10-8-. The van der Waals surface area contributed by atoms with Gasteiger partial charge in [-0.1, -0.05) is 26.0 Å². The van der Waals surface area contributed by atoms with Crippen molar-refractivity contribution in [1.82, 2.24) is 0 Å². The van der Waals surface area contributed by atoms with Gasteiger partial charge in [-0.2, -0.15) is 13.2 Å². The van der Waals surface area contributed by atoms with E-state index in [4.69, 9.17) is 0 Å². The molecule has 0 nitrogen and oxygen atoms in total. The van der Waals surface area contributed by atoms with Crippen molar-refractivity contribution in [1.29, 1.82) is 0 Å². The van der Waals surface area contributed by atoms with Crippen LogP contribution < -0.4 is 0 Å². The summed E-state index contributed by atoms with van der Waals surface area (Å²) in [4.78, 5) is 0. The zero-order valence-electron chi connectivity index (χ0n) is 8.79. The molecular formula is C11H14F4. The average Bonchev–Trinajstić information content (AvgIpc) is 2.09. The van der Waals surface area contributed by atoms with Crippen LogP contribution in [-0.2, 0) is 0 Å². The van der Waals surface area contributed by atoms with Crippen LogP contribution in [-0.4, -0.2) is 6.18 Å². The number of hydrogen-bond acceptors (Lipinski definition) is 0. The van der Waals surface area contributed by atoms with Crippen LogP contribution in [0.5, 0.6) is 0 Å². The quantitative estimate of drug-likeness (QED) is 0.477. The van der Waals surface area contributed by atoms with Gasteiger partial charge in [0.1, 0.15) is 5.83 Å². The van der Waals surface area contributed by atoms with Crippen molar-refractivity contribution in [3.63, 3.8) is 0 Å². The molecule has 0 saturated carbocycles. The monoisotopic (exact) mass is 222 g/mol. The lowest BCUT2D eigenvalue weighted by molar-refractivity contribution is -0.0900. The number of rotatable bonds is 4.